The zero-order valence-electron chi connectivity index (χ0n) is 20.9. The molecule has 2 saturated heterocycles. The number of rotatable bonds is 4. The van der Waals surface area contributed by atoms with Crippen LogP contribution in [0.3, 0.4) is 0 Å². The van der Waals surface area contributed by atoms with Crippen LogP contribution in [-0.4, -0.2) is 86.9 Å². The van der Waals surface area contributed by atoms with Gasteiger partial charge < -0.3 is 24.4 Å². The van der Waals surface area contributed by atoms with E-state index in [1.54, 1.807) is 13.0 Å². The fourth-order valence-electron chi connectivity index (χ4n) is 5.47. The lowest BCUT2D eigenvalue weighted by Crippen LogP contribution is -2.60. The number of nitrogens with one attached hydrogen (secondary N) is 2. The predicted molar refractivity (Wildman–Crippen MR) is 135 cm³/mol. The second kappa shape index (κ2) is 10.6. The SMILES string of the molecule is C.Cc1cc(C(=O)Nc2n[nH]c3c2CN(C(=O)N2C[C@@H](C)N(CC4CCOCC4)C[C@@H]2C)C3C)no1. The zero-order chi connectivity index (χ0) is 24.7. The molecule has 2 aromatic rings. The molecule has 2 fully saturated rings. The Morgan fingerprint density at radius 3 is 2.58 bits per heavy atom. The van der Waals surface area contributed by atoms with E-state index in [1.165, 1.54) is 0 Å². The fourth-order valence-corrected chi connectivity index (χ4v) is 5.47. The number of aromatic amines is 1. The van der Waals surface area contributed by atoms with Crippen molar-refractivity contribution >= 4 is 17.8 Å². The minimum Gasteiger partial charge on any atom is -0.381 e. The van der Waals surface area contributed by atoms with Crippen LogP contribution in [0.15, 0.2) is 10.6 Å². The van der Waals surface area contributed by atoms with Crippen molar-refractivity contribution in [3.8, 4) is 0 Å². The second-order valence-electron chi connectivity index (χ2n) is 10.2. The highest BCUT2D eigenvalue weighted by molar-refractivity contribution is 6.02. The van der Waals surface area contributed by atoms with Crippen LogP contribution >= 0.6 is 0 Å². The molecule has 3 atom stereocenters. The smallest absolute Gasteiger partial charge is 0.321 e. The molecule has 0 aromatic carbocycles. The van der Waals surface area contributed by atoms with Gasteiger partial charge in [0.05, 0.1) is 18.3 Å². The van der Waals surface area contributed by atoms with Crippen molar-refractivity contribution in [1.82, 2.24) is 30.1 Å². The van der Waals surface area contributed by atoms with Crippen molar-refractivity contribution in [1.29, 1.82) is 0 Å². The molecule has 0 aliphatic carbocycles. The zero-order valence-corrected chi connectivity index (χ0v) is 20.9. The number of ether oxygens (including phenoxy) is 1. The number of aromatic nitrogens is 3. The van der Waals surface area contributed by atoms with Gasteiger partial charge in [0.25, 0.3) is 5.91 Å². The minimum absolute atomic E-state index is 0. The summed E-state index contributed by atoms with van der Waals surface area (Å²) in [5.74, 6) is 1.27. The quantitative estimate of drug-likeness (QED) is 0.659. The maximum atomic E-state index is 13.7. The number of hydrogen-bond acceptors (Lipinski definition) is 7. The first-order valence-electron chi connectivity index (χ1n) is 12.5. The van der Waals surface area contributed by atoms with Crippen LogP contribution in [-0.2, 0) is 11.3 Å². The molecule has 11 nitrogen and oxygen atoms in total. The van der Waals surface area contributed by atoms with Gasteiger partial charge in [0.1, 0.15) is 5.76 Å². The summed E-state index contributed by atoms with van der Waals surface area (Å²) in [5, 5.41) is 13.9. The molecule has 0 spiro atoms. The molecule has 1 unspecified atom stereocenters. The number of fused-ring (bicyclic) bond motifs is 1. The lowest BCUT2D eigenvalue weighted by molar-refractivity contribution is 0.0127. The van der Waals surface area contributed by atoms with E-state index >= 15 is 0 Å². The number of hydrogen-bond donors (Lipinski definition) is 2. The third-order valence-electron chi connectivity index (χ3n) is 7.65. The highest BCUT2D eigenvalue weighted by Crippen LogP contribution is 2.37. The van der Waals surface area contributed by atoms with Gasteiger partial charge in [-0.25, -0.2) is 4.79 Å². The molecule has 11 heteroatoms. The topological polar surface area (TPSA) is 120 Å². The molecule has 36 heavy (non-hydrogen) atoms. The van der Waals surface area contributed by atoms with Crippen molar-refractivity contribution in [3.05, 3.63) is 28.8 Å². The van der Waals surface area contributed by atoms with Crippen molar-refractivity contribution in [3.63, 3.8) is 0 Å². The van der Waals surface area contributed by atoms with Crippen molar-refractivity contribution < 1.29 is 18.8 Å². The van der Waals surface area contributed by atoms with E-state index in [9.17, 15) is 9.59 Å². The fraction of sp³-hybridized carbons (Fsp3) is 0.680. The predicted octanol–water partition coefficient (Wildman–Crippen LogP) is 3.41. The number of amides is 3. The number of carbonyl (C=O) groups excluding carboxylic acids is 2. The molecule has 5 rings (SSSR count). The Kier molecular flexibility index (Phi) is 7.70. The summed E-state index contributed by atoms with van der Waals surface area (Å²) in [6, 6.07) is 1.86. The van der Waals surface area contributed by atoms with Gasteiger partial charge >= 0.3 is 6.03 Å². The summed E-state index contributed by atoms with van der Waals surface area (Å²) in [6.07, 6.45) is 2.24. The maximum Gasteiger partial charge on any atom is 0.321 e. The Hall–Kier alpha value is -2.92. The molecule has 3 aliphatic rings. The van der Waals surface area contributed by atoms with Crippen LogP contribution in [0.4, 0.5) is 10.6 Å². The first-order valence-corrected chi connectivity index (χ1v) is 12.5. The van der Waals surface area contributed by atoms with Crippen LogP contribution in [0.25, 0.3) is 0 Å². The molecule has 0 radical (unpaired) electrons. The standard InChI is InChI=1S/C24H35N7O4.CH4/c1-14-11-30(15(2)10-29(14)12-18-5-7-34-8-6-18)24(33)31-13-19-21(17(31)4)26-27-22(19)25-23(32)20-9-16(3)35-28-20;/h9,14-15,17-18H,5-8,10-13H2,1-4H3,(H2,25,26,27,32);1H4/t14-,15+,17?;/m1./s1. The number of carbonyl (C=O) groups is 2. The Bertz CT molecular complexity index is 1080. The summed E-state index contributed by atoms with van der Waals surface area (Å²) in [7, 11) is 0. The van der Waals surface area contributed by atoms with Gasteiger partial charge in [-0.3, -0.25) is 14.8 Å². The molecule has 2 N–H and O–H groups in total. The Morgan fingerprint density at radius 1 is 1.14 bits per heavy atom. The normalized spacial score (nSPS) is 24.9. The number of anilines is 1. The minimum atomic E-state index is -0.392. The van der Waals surface area contributed by atoms with Gasteiger partial charge in [0, 0.05) is 56.6 Å². The van der Waals surface area contributed by atoms with Crippen LogP contribution in [0.1, 0.15) is 74.6 Å². The van der Waals surface area contributed by atoms with Gasteiger partial charge in [0.15, 0.2) is 11.5 Å². The van der Waals surface area contributed by atoms with Gasteiger partial charge in [-0.05, 0) is 46.5 Å². The average Bonchev–Trinajstić information content (AvgIpc) is 3.53. The van der Waals surface area contributed by atoms with Crippen molar-refractivity contribution in [2.75, 3.05) is 38.2 Å². The van der Waals surface area contributed by atoms with Gasteiger partial charge in [0.2, 0.25) is 0 Å². The van der Waals surface area contributed by atoms with E-state index in [-0.39, 0.29) is 31.2 Å². The largest absolute Gasteiger partial charge is 0.381 e. The molecule has 0 saturated carbocycles. The van der Waals surface area contributed by atoms with Gasteiger partial charge in [-0.15, -0.1) is 0 Å². The number of urea groups is 1. The molecular formula is C25H39N7O4. The number of piperazine rings is 1. The monoisotopic (exact) mass is 501 g/mol. The van der Waals surface area contributed by atoms with Crippen molar-refractivity contribution in [2.24, 2.45) is 5.92 Å². The van der Waals surface area contributed by atoms with E-state index in [1.807, 2.05) is 16.7 Å². The molecule has 198 valence electrons. The molecule has 3 aliphatic heterocycles. The molecule has 3 amide bonds. The van der Waals surface area contributed by atoms with E-state index < -0.39 is 5.91 Å². The Labute approximate surface area is 212 Å². The van der Waals surface area contributed by atoms with E-state index in [2.05, 4.69) is 39.4 Å². The second-order valence-corrected chi connectivity index (χ2v) is 10.2. The van der Waals surface area contributed by atoms with Crippen LogP contribution in [0, 0.1) is 12.8 Å². The van der Waals surface area contributed by atoms with Crippen molar-refractivity contribution in [2.45, 2.75) is 72.6 Å². The molecule has 5 heterocycles. The summed E-state index contributed by atoms with van der Waals surface area (Å²) in [5.41, 5.74) is 1.88. The van der Waals surface area contributed by atoms with Gasteiger partial charge in [-0.2, -0.15) is 5.10 Å². The summed E-state index contributed by atoms with van der Waals surface area (Å²) >= 11 is 0. The molecule has 2 aromatic heterocycles. The van der Waals surface area contributed by atoms with E-state index in [0.717, 1.165) is 50.4 Å². The Morgan fingerprint density at radius 2 is 1.89 bits per heavy atom. The lowest BCUT2D eigenvalue weighted by atomic mass is 9.97. The van der Waals surface area contributed by atoms with Gasteiger partial charge in [-0.1, -0.05) is 12.6 Å². The highest BCUT2D eigenvalue weighted by Gasteiger charge is 2.41. The van der Waals surface area contributed by atoms with Crippen LogP contribution in [0.5, 0.6) is 0 Å². The summed E-state index contributed by atoms with van der Waals surface area (Å²) in [4.78, 5) is 32.6. The van der Waals surface area contributed by atoms with Crippen LogP contribution in [0.2, 0.25) is 0 Å². The molecule has 0 bridgehead atoms. The Balaban J connectivity index is 0.00000304. The third kappa shape index (κ3) is 4.99. The molecular weight excluding hydrogens is 462 g/mol. The van der Waals surface area contributed by atoms with Crippen LogP contribution < -0.4 is 5.32 Å². The van der Waals surface area contributed by atoms with E-state index in [4.69, 9.17) is 9.26 Å². The lowest BCUT2D eigenvalue weighted by Gasteiger charge is -2.46. The average molecular weight is 502 g/mol. The number of nitrogens with zero attached hydrogens (tertiary/aromatic N) is 5. The third-order valence-corrected chi connectivity index (χ3v) is 7.65. The van der Waals surface area contributed by atoms with E-state index in [0.29, 0.717) is 36.6 Å². The number of H-pyrrole nitrogens is 1. The highest BCUT2D eigenvalue weighted by atomic mass is 16.5. The first kappa shape index (κ1) is 26.2. The maximum absolute atomic E-state index is 13.7. The summed E-state index contributed by atoms with van der Waals surface area (Å²) < 4.78 is 10.5. The first-order chi connectivity index (χ1) is 16.8. The number of aryl methyl sites for hydroxylation is 1. The summed E-state index contributed by atoms with van der Waals surface area (Å²) in [6.45, 7) is 12.8.